The molecule has 112 valence electrons. The summed E-state index contributed by atoms with van der Waals surface area (Å²) in [5, 5.41) is 8.57. The van der Waals surface area contributed by atoms with E-state index in [0.29, 0.717) is 6.61 Å². The van der Waals surface area contributed by atoms with E-state index >= 15 is 0 Å². The smallest absolute Gasteiger partial charge is 0.133 e. The summed E-state index contributed by atoms with van der Waals surface area (Å²) in [6, 6.07) is 15.6. The Kier molecular flexibility index (Phi) is 3.98. The number of nitrogens with one attached hydrogen (secondary N) is 1. The second-order valence-electron chi connectivity index (χ2n) is 4.86. The summed E-state index contributed by atoms with van der Waals surface area (Å²) in [7, 11) is 1.65. The molecule has 0 bridgehead atoms. The van der Waals surface area contributed by atoms with Crippen molar-refractivity contribution in [1.29, 1.82) is 5.41 Å². The van der Waals surface area contributed by atoms with E-state index in [1.807, 2.05) is 48.5 Å². The van der Waals surface area contributed by atoms with Crippen molar-refractivity contribution in [3.05, 3.63) is 59.0 Å². The molecule has 3 rings (SSSR count). The van der Waals surface area contributed by atoms with E-state index < -0.39 is 0 Å². The Bertz CT molecular complexity index is 826. The quantitative estimate of drug-likeness (QED) is 0.556. The molecule has 0 spiro atoms. The van der Waals surface area contributed by atoms with Gasteiger partial charge >= 0.3 is 0 Å². The third-order valence-corrected chi connectivity index (χ3v) is 4.43. The van der Waals surface area contributed by atoms with Gasteiger partial charge in [0.25, 0.3) is 0 Å². The minimum absolute atomic E-state index is 0.0973. The molecule has 0 saturated carbocycles. The molecule has 3 N–H and O–H groups in total. The van der Waals surface area contributed by atoms with Crippen molar-refractivity contribution in [3.8, 4) is 11.5 Å². The van der Waals surface area contributed by atoms with Crippen LogP contribution in [0, 0.1) is 5.41 Å². The zero-order valence-electron chi connectivity index (χ0n) is 12.1. The van der Waals surface area contributed by atoms with Crippen LogP contribution in [0.1, 0.15) is 10.4 Å². The van der Waals surface area contributed by atoms with E-state index in [0.717, 1.165) is 32.0 Å². The molecule has 5 heteroatoms. The van der Waals surface area contributed by atoms with E-state index in [2.05, 4.69) is 0 Å². The number of hydrogen-bond acceptors (Lipinski definition) is 4. The molecular formula is C17H16N2O2S. The maximum atomic E-state index is 7.50. The van der Waals surface area contributed by atoms with Gasteiger partial charge in [0.2, 0.25) is 0 Å². The number of amidine groups is 1. The predicted octanol–water partition coefficient (Wildman–Crippen LogP) is 3.77. The largest absolute Gasteiger partial charge is 0.497 e. The van der Waals surface area contributed by atoms with Crippen LogP contribution in [0.25, 0.3) is 10.1 Å². The number of methoxy groups -OCH3 is 1. The van der Waals surface area contributed by atoms with Gasteiger partial charge in [-0.05, 0) is 47.3 Å². The van der Waals surface area contributed by atoms with Crippen molar-refractivity contribution in [2.75, 3.05) is 7.11 Å². The van der Waals surface area contributed by atoms with Gasteiger partial charge in [-0.25, -0.2) is 0 Å². The summed E-state index contributed by atoms with van der Waals surface area (Å²) in [5.41, 5.74) is 6.58. The Morgan fingerprint density at radius 1 is 1.14 bits per heavy atom. The zero-order chi connectivity index (χ0) is 15.5. The SMILES string of the molecule is COc1cccc(COc2ccc3cc(C(=N)N)sc3c2)c1. The molecular weight excluding hydrogens is 296 g/mol. The van der Waals surface area contributed by atoms with Crippen LogP contribution in [0.3, 0.4) is 0 Å². The number of nitrogens with two attached hydrogens (primary N) is 1. The molecule has 0 amide bonds. The standard InChI is InChI=1S/C17H16N2O2S/c1-20-13-4-2-3-11(7-13)10-21-14-6-5-12-8-16(17(18)19)22-15(12)9-14/h2-9H,10H2,1H3,(H3,18,19). The highest BCUT2D eigenvalue weighted by Crippen LogP contribution is 2.29. The Morgan fingerprint density at radius 3 is 2.77 bits per heavy atom. The predicted molar refractivity (Wildman–Crippen MR) is 90.2 cm³/mol. The first-order chi connectivity index (χ1) is 10.7. The summed E-state index contributed by atoms with van der Waals surface area (Å²) >= 11 is 1.50. The summed E-state index contributed by atoms with van der Waals surface area (Å²) in [4.78, 5) is 0.778. The van der Waals surface area contributed by atoms with E-state index in [9.17, 15) is 0 Å². The van der Waals surface area contributed by atoms with Crippen LogP contribution in [-0.4, -0.2) is 12.9 Å². The molecule has 0 aliphatic heterocycles. The molecule has 0 radical (unpaired) electrons. The van der Waals surface area contributed by atoms with Gasteiger partial charge in [-0.15, -0.1) is 11.3 Å². The van der Waals surface area contributed by atoms with Crippen molar-refractivity contribution < 1.29 is 9.47 Å². The molecule has 0 fully saturated rings. The van der Waals surface area contributed by atoms with Crippen LogP contribution in [0.2, 0.25) is 0 Å². The fraction of sp³-hybridized carbons (Fsp3) is 0.118. The molecule has 0 aliphatic carbocycles. The molecule has 0 atom stereocenters. The first-order valence-corrected chi connectivity index (χ1v) is 7.61. The Balaban J connectivity index is 1.77. The van der Waals surface area contributed by atoms with Crippen molar-refractivity contribution in [1.82, 2.24) is 0 Å². The molecule has 0 aliphatic rings. The van der Waals surface area contributed by atoms with Gasteiger partial charge in [-0.1, -0.05) is 12.1 Å². The molecule has 4 nitrogen and oxygen atoms in total. The van der Waals surface area contributed by atoms with Gasteiger partial charge in [0.15, 0.2) is 0 Å². The van der Waals surface area contributed by atoms with Crippen LogP contribution >= 0.6 is 11.3 Å². The average molecular weight is 312 g/mol. The summed E-state index contributed by atoms with van der Waals surface area (Å²) in [6.07, 6.45) is 0. The molecule has 1 aromatic heterocycles. The molecule has 0 saturated heterocycles. The second kappa shape index (κ2) is 6.07. The molecule has 22 heavy (non-hydrogen) atoms. The average Bonchev–Trinajstić information content (AvgIpc) is 2.96. The minimum Gasteiger partial charge on any atom is -0.497 e. The lowest BCUT2D eigenvalue weighted by atomic mass is 10.2. The highest BCUT2D eigenvalue weighted by Gasteiger charge is 2.06. The van der Waals surface area contributed by atoms with Crippen LogP contribution < -0.4 is 15.2 Å². The van der Waals surface area contributed by atoms with Crippen LogP contribution in [0.4, 0.5) is 0 Å². The highest BCUT2D eigenvalue weighted by atomic mass is 32.1. The van der Waals surface area contributed by atoms with Crippen molar-refractivity contribution >= 4 is 27.3 Å². The number of benzene rings is 2. The molecule has 3 aromatic rings. The van der Waals surface area contributed by atoms with Gasteiger partial charge in [0, 0.05) is 4.70 Å². The zero-order valence-corrected chi connectivity index (χ0v) is 12.9. The maximum Gasteiger partial charge on any atom is 0.133 e. The third kappa shape index (κ3) is 3.04. The summed E-state index contributed by atoms with van der Waals surface area (Å²) in [5.74, 6) is 1.72. The van der Waals surface area contributed by atoms with E-state index in [1.54, 1.807) is 7.11 Å². The number of nitrogen functional groups attached to an aromatic ring is 1. The molecule has 1 heterocycles. The number of fused-ring (bicyclic) bond motifs is 1. The number of ether oxygens (including phenoxy) is 2. The first-order valence-electron chi connectivity index (χ1n) is 6.79. The Labute approximate surface area is 132 Å². The van der Waals surface area contributed by atoms with E-state index in [4.69, 9.17) is 20.6 Å². The third-order valence-electron chi connectivity index (χ3n) is 3.30. The number of rotatable bonds is 5. The van der Waals surface area contributed by atoms with Crippen molar-refractivity contribution in [2.45, 2.75) is 6.61 Å². The lowest BCUT2D eigenvalue weighted by molar-refractivity contribution is 0.305. The normalized spacial score (nSPS) is 10.6. The fourth-order valence-electron chi connectivity index (χ4n) is 2.16. The fourth-order valence-corrected chi connectivity index (χ4v) is 3.12. The lowest BCUT2D eigenvalue weighted by Gasteiger charge is -2.07. The van der Waals surface area contributed by atoms with E-state index in [-0.39, 0.29) is 5.84 Å². The van der Waals surface area contributed by atoms with Crippen molar-refractivity contribution in [2.24, 2.45) is 5.73 Å². The van der Waals surface area contributed by atoms with Crippen molar-refractivity contribution in [3.63, 3.8) is 0 Å². The first kappa shape index (κ1) is 14.4. The highest BCUT2D eigenvalue weighted by molar-refractivity contribution is 7.20. The summed E-state index contributed by atoms with van der Waals surface area (Å²) in [6.45, 7) is 0.480. The van der Waals surface area contributed by atoms with Crippen LogP contribution in [-0.2, 0) is 6.61 Å². The van der Waals surface area contributed by atoms with Gasteiger partial charge in [-0.2, -0.15) is 0 Å². The van der Waals surface area contributed by atoms with Crippen LogP contribution in [0.5, 0.6) is 11.5 Å². The lowest BCUT2D eigenvalue weighted by Crippen LogP contribution is -2.08. The second-order valence-corrected chi connectivity index (χ2v) is 5.95. The maximum absolute atomic E-state index is 7.50. The molecule has 0 unspecified atom stereocenters. The topological polar surface area (TPSA) is 68.3 Å². The van der Waals surface area contributed by atoms with E-state index in [1.165, 1.54) is 11.3 Å². The molecule has 2 aromatic carbocycles. The number of thiophene rings is 1. The Morgan fingerprint density at radius 2 is 2.00 bits per heavy atom. The van der Waals surface area contributed by atoms with Gasteiger partial charge < -0.3 is 15.2 Å². The number of hydrogen-bond donors (Lipinski definition) is 2. The van der Waals surface area contributed by atoms with Gasteiger partial charge in [0.1, 0.15) is 23.9 Å². The Hall–Kier alpha value is -2.53. The van der Waals surface area contributed by atoms with Gasteiger partial charge in [-0.3, -0.25) is 5.41 Å². The monoisotopic (exact) mass is 312 g/mol. The van der Waals surface area contributed by atoms with Gasteiger partial charge in [0.05, 0.1) is 12.0 Å². The summed E-state index contributed by atoms with van der Waals surface area (Å²) < 4.78 is 12.1. The van der Waals surface area contributed by atoms with Crippen LogP contribution in [0.15, 0.2) is 48.5 Å². The minimum atomic E-state index is 0.0973.